The lowest BCUT2D eigenvalue weighted by molar-refractivity contribution is -0.0230. The van der Waals surface area contributed by atoms with Crippen LogP contribution in [0, 0.1) is 12.7 Å². The van der Waals surface area contributed by atoms with Gasteiger partial charge >= 0.3 is 0 Å². The van der Waals surface area contributed by atoms with E-state index in [9.17, 15) is 12.8 Å². The van der Waals surface area contributed by atoms with Crippen LogP contribution in [0.3, 0.4) is 0 Å². The molecule has 21 heavy (non-hydrogen) atoms. The van der Waals surface area contributed by atoms with Gasteiger partial charge in [0.15, 0.2) is 0 Å². The number of anilines is 1. The highest BCUT2D eigenvalue weighted by atomic mass is 32.2. The van der Waals surface area contributed by atoms with E-state index in [1.165, 1.54) is 10.4 Å². The van der Waals surface area contributed by atoms with E-state index >= 15 is 0 Å². The predicted octanol–water partition coefficient (Wildman–Crippen LogP) is 1.90. The molecule has 1 fully saturated rings. The lowest BCUT2D eigenvalue weighted by atomic mass is 10.2. The molecule has 7 heteroatoms. The Hall–Kier alpha value is -1.18. The Kier molecular flexibility index (Phi) is 4.55. The summed E-state index contributed by atoms with van der Waals surface area (Å²) in [6.45, 7) is 5.98. The fourth-order valence-electron chi connectivity index (χ4n) is 2.50. The van der Waals surface area contributed by atoms with Gasteiger partial charge in [-0.15, -0.1) is 0 Å². The van der Waals surface area contributed by atoms with Gasteiger partial charge in [-0.1, -0.05) is 6.92 Å². The largest absolute Gasteiger partial charge is 0.396 e. The first-order valence-electron chi connectivity index (χ1n) is 6.96. The summed E-state index contributed by atoms with van der Waals surface area (Å²) in [4.78, 5) is 0.0638. The molecule has 1 heterocycles. The van der Waals surface area contributed by atoms with Gasteiger partial charge in [-0.05, 0) is 38.0 Å². The standard InChI is InChI=1S/C14H21FN2O3S/c1-4-11-8-20-10(3)7-17(11)21(18,19)14-6-13(16)12(15)5-9(14)2/h5-6,10-11H,4,7-8,16H2,1-3H3. The third kappa shape index (κ3) is 3.04. The van der Waals surface area contributed by atoms with Crippen LogP contribution in [0.1, 0.15) is 25.8 Å². The maximum absolute atomic E-state index is 13.4. The van der Waals surface area contributed by atoms with Crippen LogP contribution in [-0.2, 0) is 14.8 Å². The zero-order valence-corrected chi connectivity index (χ0v) is 13.3. The molecule has 0 amide bonds. The average molecular weight is 316 g/mol. The first kappa shape index (κ1) is 16.2. The number of nitrogens with two attached hydrogens (primary N) is 1. The van der Waals surface area contributed by atoms with Crippen molar-refractivity contribution >= 4 is 15.7 Å². The van der Waals surface area contributed by atoms with Crippen molar-refractivity contribution < 1.29 is 17.5 Å². The quantitative estimate of drug-likeness (QED) is 0.865. The van der Waals surface area contributed by atoms with Gasteiger partial charge in [-0.3, -0.25) is 0 Å². The summed E-state index contributed by atoms with van der Waals surface area (Å²) in [5.74, 6) is -0.603. The van der Waals surface area contributed by atoms with Gasteiger partial charge in [-0.2, -0.15) is 4.31 Å². The Balaban J connectivity index is 2.47. The smallest absolute Gasteiger partial charge is 0.243 e. The number of benzene rings is 1. The number of aryl methyl sites for hydroxylation is 1. The van der Waals surface area contributed by atoms with Gasteiger partial charge in [0.1, 0.15) is 5.82 Å². The van der Waals surface area contributed by atoms with Gasteiger partial charge in [-0.25, -0.2) is 12.8 Å². The Labute approximate surface area is 124 Å². The zero-order valence-electron chi connectivity index (χ0n) is 12.5. The Bertz CT molecular complexity index is 633. The summed E-state index contributed by atoms with van der Waals surface area (Å²) in [7, 11) is -3.72. The van der Waals surface area contributed by atoms with E-state index in [1.54, 1.807) is 6.92 Å². The van der Waals surface area contributed by atoms with E-state index in [4.69, 9.17) is 10.5 Å². The minimum absolute atomic E-state index is 0.0638. The molecule has 1 aliphatic rings. The highest BCUT2D eigenvalue weighted by Gasteiger charge is 2.36. The highest BCUT2D eigenvalue weighted by Crippen LogP contribution is 2.28. The fourth-order valence-corrected chi connectivity index (χ4v) is 4.51. The molecule has 2 rings (SSSR count). The van der Waals surface area contributed by atoms with Gasteiger partial charge in [0, 0.05) is 12.6 Å². The van der Waals surface area contributed by atoms with Crippen molar-refractivity contribution in [1.82, 2.24) is 4.31 Å². The number of halogens is 1. The number of nitrogen functional groups attached to an aromatic ring is 1. The minimum Gasteiger partial charge on any atom is -0.396 e. The van der Waals surface area contributed by atoms with Crippen molar-refractivity contribution in [2.24, 2.45) is 0 Å². The molecular formula is C14H21FN2O3S. The van der Waals surface area contributed by atoms with E-state index < -0.39 is 15.8 Å². The molecule has 1 aromatic rings. The average Bonchev–Trinajstić information content (AvgIpc) is 2.42. The van der Waals surface area contributed by atoms with E-state index in [1.807, 2.05) is 13.8 Å². The van der Waals surface area contributed by atoms with Crippen LogP contribution in [0.5, 0.6) is 0 Å². The summed E-state index contributed by atoms with van der Waals surface area (Å²) in [6.07, 6.45) is 0.488. The van der Waals surface area contributed by atoms with Gasteiger partial charge in [0.25, 0.3) is 0 Å². The summed E-state index contributed by atoms with van der Waals surface area (Å²) in [5, 5.41) is 0. The van der Waals surface area contributed by atoms with E-state index in [2.05, 4.69) is 0 Å². The van der Waals surface area contributed by atoms with Crippen LogP contribution in [0.2, 0.25) is 0 Å². The summed E-state index contributed by atoms with van der Waals surface area (Å²) >= 11 is 0. The molecule has 0 bridgehead atoms. The molecule has 1 aliphatic heterocycles. The van der Waals surface area contributed by atoms with Crippen LogP contribution >= 0.6 is 0 Å². The molecule has 0 aliphatic carbocycles. The third-order valence-electron chi connectivity index (χ3n) is 3.77. The molecule has 1 aromatic carbocycles. The predicted molar refractivity (Wildman–Crippen MR) is 78.9 cm³/mol. The normalized spacial score (nSPS) is 24.2. The molecule has 0 spiro atoms. The van der Waals surface area contributed by atoms with E-state index in [-0.39, 0.29) is 29.3 Å². The second-order valence-electron chi connectivity index (χ2n) is 5.42. The van der Waals surface area contributed by atoms with Gasteiger partial charge < -0.3 is 10.5 Å². The van der Waals surface area contributed by atoms with Crippen LogP contribution in [-0.4, -0.2) is 38.0 Å². The number of rotatable bonds is 3. The fraction of sp³-hybridized carbons (Fsp3) is 0.571. The molecule has 2 unspecified atom stereocenters. The Morgan fingerprint density at radius 1 is 1.48 bits per heavy atom. The first-order chi connectivity index (χ1) is 9.77. The van der Waals surface area contributed by atoms with Gasteiger partial charge in [0.2, 0.25) is 10.0 Å². The number of nitrogens with zero attached hydrogens (tertiary/aromatic N) is 1. The number of morpholine rings is 1. The first-order valence-corrected chi connectivity index (χ1v) is 8.40. The van der Waals surface area contributed by atoms with Crippen molar-refractivity contribution in [3.8, 4) is 0 Å². The Morgan fingerprint density at radius 3 is 2.76 bits per heavy atom. The van der Waals surface area contributed by atoms with E-state index in [0.29, 0.717) is 18.6 Å². The van der Waals surface area contributed by atoms with Crippen molar-refractivity contribution in [2.45, 2.75) is 44.2 Å². The Morgan fingerprint density at radius 2 is 2.14 bits per heavy atom. The summed E-state index contributed by atoms with van der Waals surface area (Å²) in [6, 6.07) is 2.15. The van der Waals surface area contributed by atoms with E-state index in [0.717, 1.165) is 6.07 Å². The second-order valence-corrected chi connectivity index (χ2v) is 7.28. The molecule has 1 saturated heterocycles. The van der Waals surface area contributed by atoms with Crippen molar-refractivity contribution in [3.63, 3.8) is 0 Å². The molecule has 0 aromatic heterocycles. The number of ether oxygens (including phenoxy) is 1. The van der Waals surface area contributed by atoms with Crippen molar-refractivity contribution in [1.29, 1.82) is 0 Å². The highest BCUT2D eigenvalue weighted by molar-refractivity contribution is 7.89. The second kappa shape index (κ2) is 5.90. The maximum Gasteiger partial charge on any atom is 0.243 e. The van der Waals surface area contributed by atoms with Crippen LogP contribution in [0.15, 0.2) is 17.0 Å². The minimum atomic E-state index is -3.72. The number of hydrogen-bond acceptors (Lipinski definition) is 4. The topological polar surface area (TPSA) is 72.6 Å². The molecule has 5 nitrogen and oxygen atoms in total. The lowest BCUT2D eigenvalue weighted by Gasteiger charge is -2.37. The molecule has 0 radical (unpaired) electrons. The number of sulfonamides is 1. The molecular weight excluding hydrogens is 295 g/mol. The monoisotopic (exact) mass is 316 g/mol. The summed E-state index contributed by atoms with van der Waals surface area (Å²) < 4.78 is 46.2. The van der Waals surface area contributed by atoms with Crippen LogP contribution < -0.4 is 5.73 Å². The maximum atomic E-state index is 13.4. The summed E-state index contributed by atoms with van der Waals surface area (Å²) in [5.41, 5.74) is 5.73. The molecule has 2 N–H and O–H groups in total. The lowest BCUT2D eigenvalue weighted by Crippen LogP contribution is -2.51. The van der Waals surface area contributed by atoms with Crippen LogP contribution in [0.4, 0.5) is 10.1 Å². The zero-order chi connectivity index (χ0) is 15.8. The molecule has 0 saturated carbocycles. The van der Waals surface area contributed by atoms with Gasteiger partial charge in [0.05, 0.1) is 23.3 Å². The number of hydrogen-bond donors (Lipinski definition) is 1. The third-order valence-corrected chi connectivity index (χ3v) is 5.83. The molecule has 118 valence electrons. The van der Waals surface area contributed by atoms with Crippen molar-refractivity contribution in [3.05, 3.63) is 23.5 Å². The van der Waals surface area contributed by atoms with Crippen LogP contribution in [0.25, 0.3) is 0 Å². The van der Waals surface area contributed by atoms with Crippen molar-refractivity contribution in [2.75, 3.05) is 18.9 Å². The molecule has 2 atom stereocenters. The SMILES string of the molecule is CCC1COC(C)CN1S(=O)(=O)c1cc(N)c(F)cc1C.